The van der Waals surface area contributed by atoms with Crippen molar-refractivity contribution in [3.8, 4) is 0 Å². The Hall–Kier alpha value is -0.120. The number of hydrogen-bond acceptors (Lipinski definition) is 3. The van der Waals surface area contributed by atoms with Gasteiger partial charge in [0.25, 0.3) is 0 Å². The molecule has 0 amide bonds. The van der Waals surface area contributed by atoms with E-state index < -0.39 is 0 Å². The number of hydrogen-bond donors (Lipinski definition) is 1. The molecule has 1 rings (SSSR count). The molecule has 1 N–H and O–H groups in total. The van der Waals surface area contributed by atoms with Gasteiger partial charge in [-0.2, -0.15) is 0 Å². The molecule has 0 bridgehead atoms. The molecule has 0 aliphatic heterocycles. The molecule has 1 fully saturated rings. The van der Waals surface area contributed by atoms with Gasteiger partial charge in [0.2, 0.25) is 0 Å². The van der Waals surface area contributed by atoms with Crippen molar-refractivity contribution in [3.05, 3.63) is 0 Å². The van der Waals surface area contributed by atoms with Gasteiger partial charge in [-0.25, -0.2) is 0 Å². The Morgan fingerprint density at radius 2 is 2.00 bits per heavy atom. The van der Waals surface area contributed by atoms with E-state index in [-0.39, 0.29) is 0 Å². The standard InChI is InChI=1S/C9H19NO2/c1-11-6-4-10-5-7-12-8-9-2-3-9/h9-10H,2-8H2,1H3. The SMILES string of the molecule is COCCNCCOCC1CC1. The van der Waals surface area contributed by atoms with Crippen molar-refractivity contribution >= 4 is 0 Å². The number of rotatable bonds is 8. The fourth-order valence-electron chi connectivity index (χ4n) is 0.978. The molecule has 0 radical (unpaired) electrons. The van der Waals surface area contributed by atoms with Crippen molar-refractivity contribution < 1.29 is 9.47 Å². The van der Waals surface area contributed by atoms with Crippen molar-refractivity contribution in [2.75, 3.05) is 40.0 Å². The summed E-state index contributed by atoms with van der Waals surface area (Å²) in [5.74, 6) is 0.879. The third-order valence-electron chi connectivity index (χ3n) is 1.96. The molecule has 0 heterocycles. The second kappa shape index (κ2) is 6.40. The van der Waals surface area contributed by atoms with Gasteiger partial charge in [0.05, 0.1) is 13.2 Å². The van der Waals surface area contributed by atoms with Crippen LogP contribution in [0.3, 0.4) is 0 Å². The van der Waals surface area contributed by atoms with Crippen LogP contribution >= 0.6 is 0 Å². The Labute approximate surface area is 74.4 Å². The van der Waals surface area contributed by atoms with Crippen LogP contribution in [0, 0.1) is 5.92 Å². The average molecular weight is 173 g/mol. The highest BCUT2D eigenvalue weighted by Crippen LogP contribution is 2.28. The molecule has 12 heavy (non-hydrogen) atoms. The van der Waals surface area contributed by atoms with Crippen LogP contribution < -0.4 is 5.32 Å². The summed E-state index contributed by atoms with van der Waals surface area (Å²) in [5, 5.41) is 3.23. The first-order valence-electron chi connectivity index (χ1n) is 4.71. The zero-order valence-corrected chi connectivity index (χ0v) is 7.84. The summed E-state index contributed by atoms with van der Waals surface area (Å²) >= 11 is 0. The minimum Gasteiger partial charge on any atom is -0.383 e. The van der Waals surface area contributed by atoms with Crippen LogP contribution in [-0.2, 0) is 9.47 Å². The summed E-state index contributed by atoms with van der Waals surface area (Å²) < 4.78 is 10.3. The van der Waals surface area contributed by atoms with Gasteiger partial charge >= 0.3 is 0 Å². The minimum atomic E-state index is 0.780. The highest BCUT2D eigenvalue weighted by Gasteiger charge is 2.20. The van der Waals surface area contributed by atoms with Crippen molar-refractivity contribution in [3.63, 3.8) is 0 Å². The first-order valence-corrected chi connectivity index (χ1v) is 4.71. The van der Waals surface area contributed by atoms with Crippen LogP contribution in [0.4, 0.5) is 0 Å². The van der Waals surface area contributed by atoms with E-state index in [0.717, 1.165) is 38.8 Å². The topological polar surface area (TPSA) is 30.5 Å². The van der Waals surface area contributed by atoms with Gasteiger partial charge in [-0.3, -0.25) is 0 Å². The zero-order valence-electron chi connectivity index (χ0n) is 7.84. The van der Waals surface area contributed by atoms with Crippen LogP contribution in [0.25, 0.3) is 0 Å². The van der Waals surface area contributed by atoms with Gasteiger partial charge in [-0.1, -0.05) is 0 Å². The van der Waals surface area contributed by atoms with Crippen molar-refractivity contribution in [2.45, 2.75) is 12.8 Å². The normalized spacial score (nSPS) is 16.8. The smallest absolute Gasteiger partial charge is 0.0591 e. The van der Waals surface area contributed by atoms with Gasteiger partial charge in [-0.15, -0.1) is 0 Å². The lowest BCUT2D eigenvalue weighted by molar-refractivity contribution is 0.123. The van der Waals surface area contributed by atoms with Crippen molar-refractivity contribution in [1.82, 2.24) is 5.32 Å². The fourth-order valence-corrected chi connectivity index (χ4v) is 0.978. The van der Waals surface area contributed by atoms with E-state index in [1.54, 1.807) is 7.11 Å². The maximum Gasteiger partial charge on any atom is 0.0591 e. The molecule has 1 saturated carbocycles. The summed E-state index contributed by atoms with van der Waals surface area (Å²) in [4.78, 5) is 0. The van der Waals surface area contributed by atoms with Crippen LogP contribution in [0.2, 0.25) is 0 Å². The number of nitrogens with one attached hydrogen (secondary N) is 1. The van der Waals surface area contributed by atoms with Gasteiger partial charge in [0.15, 0.2) is 0 Å². The molecule has 0 aromatic rings. The summed E-state index contributed by atoms with van der Waals surface area (Å²) in [7, 11) is 1.71. The zero-order chi connectivity index (χ0) is 8.65. The monoisotopic (exact) mass is 173 g/mol. The lowest BCUT2D eigenvalue weighted by Gasteiger charge is -2.04. The Balaban J connectivity index is 1.65. The molecular formula is C9H19NO2. The van der Waals surface area contributed by atoms with Crippen LogP contribution in [0.1, 0.15) is 12.8 Å². The Morgan fingerprint density at radius 1 is 1.25 bits per heavy atom. The molecule has 0 aromatic heterocycles. The van der Waals surface area contributed by atoms with E-state index in [4.69, 9.17) is 9.47 Å². The molecule has 0 atom stereocenters. The third kappa shape index (κ3) is 5.52. The number of methoxy groups -OCH3 is 1. The Kier molecular flexibility index (Phi) is 5.32. The second-order valence-electron chi connectivity index (χ2n) is 3.26. The van der Waals surface area contributed by atoms with E-state index in [1.165, 1.54) is 12.8 Å². The summed E-state index contributed by atoms with van der Waals surface area (Å²) in [6.07, 6.45) is 2.74. The first kappa shape index (κ1) is 9.96. The predicted molar refractivity (Wildman–Crippen MR) is 48.3 cm³/mol. The van der Waals surface area contributed by atoms with Gasteiger partial charge in [0, 0.05) is 26.8 Å². The molecule has 0 spiro atoms. The highest BCUT2D eigenvalue weighted by molar-refractivity contribution is 4.71. The maximum absolute atomic E-state index is 5.43. The van der Waals surface area contributed by atoms with E-state index >= 15 is 0 Å². The minimum absolute atomic E-state index is 0.780. The molecule has 3 nitrogen and oxygen atoms in total. The average Bonchev–Trinajstić information content (AvgIpc) is 2.87. The lowest BCUT2D eigenvalue weighted by atomic mass is 10.5. The van der Waals surface area contributed by atoms with Crippen LogP contribution in [0.15, 0.2) is 0 Å². The fraction of sp³-hybridized carbons (Fsp3) is 1.00. The Bertz CT molecular complexity index is 105. The van der Waals surface area contributed by atoms with Crippen LogP contribution in [0.5, 0.6) is 0 Å². The molecule has 1 aliphatic carbocycles. The van der Waals surface area contributed by atoms with Gasteiger partial charge in [0.1, 0.15) is 0 Å². The molecule has 1 aliphatic rings. The first-order chi connectivity index (χ1) is 5.93. The van der Waals surface area contributed by atoms with E-state index in [2.05, 4.69) is 5.32 Å². The summed E-state index contributed by atoms with van der Waals surface area (Å²) in [6.45, 7) is 4.44. The van der Waals surface area contributed by atoms with E-state index in [9.17, 15) is 0 Å². The molecule has 72 valence electrons. The van der Waals surface area contributed by atoms with Crippen molar-refractivity contribution in [2.24, 2.45) is 5.92 Å². The largest absolute Gasteiger partial charge is 0.383 e. The van der Waals surface area contributed by atoms with Crippen LogP contribution in [-0.4, -0.2) is 40.0 Å². The van der Waals surface area contributed by atoms with E-state index in [1.807, 2.05) is 0 Å². The summed E-state index contributed by atoms with van der Waals surface area (Å²) in [6, 6.07) is 0. The quantitative estimate of drug-likeness (QED) is 0.547. The lowest BCUT2D eigenvalue weighted by Crippen LogP contribution is -2.23. The Morgan fingerprint density at radius 3 is 2.67 bits per heavy atom. The molecule has 3 heteroatoms. The third-order valence-corrected chi connectivity index (χ3v) is 1.96. The molecule has 0 saturated heterocycles. The number of ether oxygens (including phenoxy) is 2. The predicted octanol–water partition coefficient (Wildman–Crippen LogP) is 0.649. The van der Waals surface area contributed by atoms with Gasteiger partial charge in [-0.05, 0) is 18.8 Å². The van der Waals surface area contributed by atoms with E-state index in [0.29, 0.717) is 0 Å². The summed E-state index contributed by atoms with van der Waals surface area (Å²) in [5.41, 5.74) is 0. The molecule has 0 unspecified atom stereocenters. The molecule has 0 aromatic carbocycles. The molecular weight excluding hydrogens is 154 g/mol. The maximum atomic E-state index is 5.43. The second-order valence-corrected chi connectivity index (χ2v) is 3.26. The highest BCUT2D eigenvalue weighted by atomic mass is 16.5. The van der Waals surface area contributed by atoms with Crippen molar-refractivity contribution in [1.29, 1.82) is 0 Å². The van der Waals surface area contributed by atoms with Gasteiger partial charge < -0.3 is 14.8 Å².